The fourth-order valence-electron chi connectivity index (χ4n) is 4.13. The van der Waals surface area contributed by atoms with E-state index in [9.17, 15) is 4.79 Å². The van der Waals surface area contributed by atoms with E-state index >= 15 is 0 Å². The topological polar surface area (TPSA) is 96.5 Å². The van der Waals surface area contributed by atoms with E-state index in [0.717, 1.165) is 45.3 Å². The van der Waals surface area contributed by atoms with Gasteiger partial charge >= 0.3 is 11.9 Å². The zero-order valence-electron chi connectivity index (χ0n) is 17.7. The highest BCUT2D eigenvalue weighted by Crippen LogP contribution is 2.42. The van der Waals surface area contributed by atoms with Crippen LogP contribution in [-0.4, -0.2) is 32.0 Å². The second-order valence-electron chi connectivity index (χ2n) is 7.69. The third-order valence-electron chi connectivity index (χ3n) is 5.56. The molecule has 1 fully saturated rings. The Bertz CT molecular complexity index is 1140. The molecule has 3 aliphatic heterocycles. The lowest BCUT2D eigenvalue weighted by Gasteiger charge is -2.36. The number of hydroxylamine groups is 1. The van der Waals surface area contributed by atoms with Crippen molar-refractivity contribution in [3.8, 4) is 5.75 Å². The molecule has 1 unspecified atom stereocenters. The van der Waals surface area contributed by atoms with E-state index in [1.165, 1.54) is 7.11 Å². The molecule has 3 aliphatic rings. The minimum Gasteiger partial charge on any atom is -0.471 e. The SMILES string of the molecule is COC(=O)c1c(C)cc(NC23N=CC(C)=C(NO2)N3c2ccc3c(c2)NCO3)cc1C. The smallest absolute Gasteiger partial charge is 0.351 e. The second-order valence-corrected chi connectivity index (χ2v) is 7.69. The lowest BCUT2D eigenvalue weighted by Crippen LogP contribution is -2.51. The molecule has 0 amide bonds. The van der Waals surface area contributed by atoms with Crippen LogP contribution in [0.5, 0.6) is 5.75 Å². The number of hydrogen-bond acceptors (Lipinski definition) is 9. The van der Waals surface area contributed by atoms with Crippen molar-refractivity contribution in [1.29, 1.82) is 0 Å². The quantitative estimate of drug-likeness (QED) is 0.648. The van der Waals surface area contributed by atoms with Crippen LogP contribution in [0.2, 0.25) is 0 Å². The zero-order chi connectivity index (χ0) is 21.8. The van der Waals surface area contributed by atoms with Gasteiger partial charge in [0.25, 0.3) is 0 Å². The van der Waals surface area contributed by atoms with Gasteiger partial charge in [0, 0.05) is 17.5 Å². The largest absolute Gasteiger partial charge is 0.471 e. The molecule has 2 aromatic carbocycles. The molecule has 0 aromatic heterocycles. The Morgan fingerprint density at radius 3 is 2.74 bits per heavy atom. The molecule has 3 heterocycles. The summed E-state index contributed by atoms with van der Waals surface area (Å²) >= 11 is 0. The van der Waals surface area contributed by atoms with Crippen LogP contribution in [0, 0.1) is 13.8 Å². The fourth-order valence-corrected chi connectivity index (χ4v) is 4.13. The maximum absolute atomic E-state index is 12.1. The number of nitrogens with zero attached hydrogens (tertiary/aromatic N) is 2. The van der Waals surface area contributed by atoms with Gasteiger partial charge in [-0.1, -0.05) is 0 Å². The van der Waals surface area contributed by atoms with Crippen LogP contribution in [0.4, 0.5) is 17.1 Å². The lowest BCUT2D eigenvalue weighted by atomic mass is 10.0. The molecule has 2 bridgehead atoms. The van der Waals surface area contributed by atoms with Gasteiger partial charge in [0.1, 0.15) is 11.6 Å². The molecule has 160 valence electrons. The average molecular weight is 421 g/mol. The number of aliphatic imine (C=N–C) groups is 1. The first-order valence-electron chi connectivity index (χ1n) is 9.91. The fraction of sp³-hybridized carbons (Fsp3) is 0.273. The number of allylic oxidation sites excluding steroid dienone is 1. The van der Waals surface area contributed by atoms with Crippen molar-refractivity contribution in [3.63, 3.8) is 0 Å². The second kappa shape index (κ2) is 6.92. The summed E-state index contributed by atoms with van der Waals surface area (Å²) in [5.74, 6) is 0.0159. The molecule has 5 rings (SSSR count). The van der Waals surface area contributed by atoms with E-state index in [-0.39, 0.29) is 5.97 Å². The molecule has 1 atom stereocenters. The van der Waals surface area contributed by atoms with Gasteiger partial charge in [-0.15, -0.1) is 0 Å². The minimum atomic E-state index is -1.23. The number of methoxy groups -OCH3 is 1. The maximum Gasteiger partial charge on any atom is 0.351 e. The number of ether oxygens (including phenoxy) is 2. The van der Waals surface area contributed by atoms with Gasteiger partial charge in [-0.25, -0.2) is 20.1 Å². The summed E-state index contributed by atoms with van der Waals surface area (Å²) in [7, 11) is 1.38. The number of anilines is 3. The van der Waals surface area contributed by atoms with Crippen LogP contribution in [0.25, 0.3) is 0 Å². The van der Waals surface area contributed by atoms with Crippen LogP contribution in [0.3, 0.4) is 0 Å². The molecule has 31 heavy (non-hydrogen) atoms. The van der Waals surface area contributed by atoms with Gasteiger partial charge in [0.05, 0.1) is 24.0 Å². The summed E-state index contributed by atoms with van der Waals surface area (Å²) in [5, 5.41) is 6.61. The van der Waals surface area contributed by atoms with Crippen molar-refractivity contribution >= 4 is 29.2 Å². The molecule has 1 saturated heterocycles. The highest BCUT2D eigenvalue weighted by Gasteiger charge is 2.49. The predicted octanol–water partition coefficient (Wildman–Crippen LogP) is 3.23. The number of rotatable bonds is 4. The Morgan fingerprint density at radius 1 is 1.23 bits per heavy atom. The van der Waals surface area contributed by atoms with Gasteiger partial charge in [-0.05, 0) is 62.2 Å². The summed E-state index contributed by atoms with van der Waals surface area (Å²) < 4.78 is 10.5. The first-order chi connectivity index (χ1) is 14.9. The Morgan fingerprint density at radius 2 is 2.00 bits per heavy atom. The van der Waals surface area contributed by atoms with Crippen molar-refractivity contribution in [2.75, 3.05) is 29.4 Å². The molecule has 0 radical (unpaired) electrons. The number of esters is 1. The highest BCUT2D eigenvalue weighted by molar-refractivity contribution is 5.93. The van der Waals surface area contributed by atoms with Crippen molar-refractivity contribution in [1.82, 2.24) is 5.48 Å². The monoisotopic (exact) mass is 421 g/mol. The van der Waals surface area contributed by atoms with Crippen molar-refractivity contribution in [2.24, 2.45) is 4.99 Å². The Hall–Kier alpha value is -3.72. The molecular formula is C22H23N5O4. The number of fused-ring (bicyclic) bond motifs is 3. The molecule has 0 aliphatic carbocycles. The third kappa shape index (κ3) is 2.97. The molecular weight excluding hydrogens is 398 g/mol. The van der Waals surface area contributed by atoms with Gasteiger partial charge in [-0.2, -0.15) is 0 Å². The normalized spacial score (nSPS) is 20.7. The molecule has 0 spiro atoms. The van der Waals surface area contributed by atoms with E-state index in [4.69, 9.17) is 14.3 Å². The van der Waals surface area contributed by atoms with E-state index < -0.39 is 5.97 Å². The van der Waals surface area contributed by atoms with Crippen molar-refractivity contribution < 1.29 is 19.1 Å². The van der Waals surface area contributed by atoms with Gasteiger partial charge < -0.3 is 20.1 Å². The van der Waals surface area contributed by atoms with Crippen LogP contribution in [0.15, 0.2) is 46.7 Å². The van der Waals surface area contributed by atoms with E-state index in [0.29, 0.717) is 12.3 Å². The van der Waals surface area contributed by atoms with Crippen LogP contribution in [-0.2, 0) is 9.57 Å². The lowest BCUT2D eigenvalue weighted by molar-refractivity contribution is -0.0214. The van der Waals surface area contributed by atoms with Crippen LogP contribution < -0.4 is 25.8 Å². The van der Waals surface area contributed by atoms with Gasteiger partial charge in [-0.3, -0.25) is 4.90 Å². The minimum absolute atomic E-state index is 0.357. The predicted molar refractivity (Wildman–Crippen MR) is 117 cm³/mol. The van der Waals surface area contributed by atoms with E-state index in [1.54, 1.807) is 6.21 Å². The Kier molecular flexibility index (Phi) is 4.30. The van der Waals surface area contributed by atoms with E-state index in [1.807, 2.05) is 56.0 Å². The Balaban J connectivity index is 1.55. The van der Waals surface area contributed by atoms with Gasteiger partial charge in [0.15, 0.2) is 6.73 Å². The Labute approximate surface area is 179 Å². The standard InChI is InChI=1S/C22H23N5O4/c1-12-7-15(8-13(2)19(12)21(28)29-4)25-22-24-10-14(3)20(26-31-22)27(22)16-5-6-18-17(9-16)23-11-30-18/h5-10,23,25-26H,11H2,1-4H3. The van der Waals surface area contributed by atoms with Gasteiger partial charge in [0.2, 0.25) is 0 Å². The highest BCUT2D eigenvalue weighted by atomic mass is 16.7. The number of nitrogens with one attached hydrogen (secondary N) is 3. The zero-order valence-corrected chi connectivity index (χ0v) is 17.7. The van der Waals surface area contributed by atoms with Crippen LogP contribution in [0.1, 0.15) is 28.4 Å². The number of carbonyl (C=O) groups is 1. The number of benzene rings is 2. The molecule has 2 aromatic rings. The maximum atomic E-state index is 12.1. The summed E-state index contributed by atoms with van der Waals surface area (Å²) in [4.78, 5) is 24.7. The first kappa shape index (κ1) is 19.3. The summed E-state index contributed by atoms with van der Waals surface area (Å²) in [6, 6.07) is 9.65. The van der Waals surface area contributed by atoms with E-state index in [2.05, 4.69) is 21.1 Å². The summed E-state index contributed by atoms with van der Waals surface area (Å²) in [6.07, 6.45) is 1.77. The number of carbonyl (C=O) groups excluding carboxylic acids is 1. The third-order valence-corrected chi connectivity index (χ3v) is 5.56. The molecule has 0 saturated carbocycles. The van der Waals surface area contributed by atoms with Crippen LogP contribution >= 0.6 is 0 Å². The number of aryl methyl sites for hydroxylation is 2. The number of hydrogen-bond donors (Lipinski definition) is 3. The van der Waals surface area contributed by atoms with Crippen molar-refractivity contribution in [2.45, 2.75) is 26.7 Å². The molecule has 9 heteroatoms. The average Bonchev–Trinajstić information content (AvgIpc) is 3.31. The molecule has 3 N–H and O–H groups in total. The summed E-state index contributed by atoms with van der Waals surface area (Å²) in [5.41, 5.74) is 8.65. The molecule has 9 nitrogen and oxygen atoms in total. The summed E-state index contributed by atoms with van der Waals surface area (Å²) in [6.45, 7) is 6.16. The van der Waals surface area contributed by atoms with Crippen molar-refractivity contribution in [3.05, 3.63) is 58.4 Å². The first-order valence-corrected chi connectivity index (χ1v) is 9.91.